The first-order valence-electron chi connectivity index (χ1n) is 6.52. The fourth-order valence-electron chi connectivity index (χ4n) is 2.56. The van der Waals surface area contributed by atoms with Gasteiger partial charge in [-0.3, -0.25) is 15.2 Å². The Bertz CT molecular complexity index is 364. The summed E-state index contributed by atoms with van der Waals surface area (Å²) in [5.41, 5.74) is 2.54. The molecule has 1 fully saturated rings. The molecule has 0 aromatic carbocycles. The maximum Gasteiger partial charge on any atom is 0.219 e. The van der Waals surface area contributed by atoms with E-state index in [9.17, 15) is 0 Å². The number of rotatable bonds is 6. The molecule has 0 spiro atoms. The van der Waals surface area contributed by atoms with Crippen LogP contribution in [0.2, 0.25) is 0 Å². The molecule has 0 radical (unpaired) electrons. The number of aromatic nitrogens is 2. The molecule has 0 saturated carbocycles. The zero-order chi connectivity index (χ0) is 13.0. The van der Waals surface area contributed by atoms with Gasteiger partial charge >= 0.3 is 0 Å². The molecule has 3 N–H and O–H groups in total. The van der Waals surface area contributed by atoms with Crippen LogP contribution in [0, 0.1) is 0 Å². The molecular weight excluding hydrogens is 248 g/mol. The smallest absolute Gasteiger partial charge is 0.219 e. The van der Waals surface area contributed by atoms with E-state index in [1.807, 2.05) is 0 Å². The Balaban J connectivity index is 1.85. The van der Waals surface area contributed by atoms with Gasteiger partial charge in [0.15, 0.2) is 0 Å². The van der Waals surface area contributed by atoms with E-state index in [2.05, 4.69) is 39.3 Å². The molecule has 18 heavy (non-hydrogen) atoms. The highest BCUT2D eigenvalue weighted by atomic mass is 32.1. The Labute approximate surface area is 112 Å². The number of hydrogen-bond acceptors (Lipinski definition) is 7. The van der Waals surface area contributed by atoms with E-state index in [1.54, 1.807) is 0 Å². The van der Waals surface area contributed by atoms with Crippen LogP contribution in [0.1, 0.15) is 25.3 Å². The van der Waals surface area contributed by atoms with Crippen LogP contribution in [0.15, 0.2) is 0 Å². The van der Waals surface area contributed by atoms with Gasteiger partial charge in [-0.15, -0.1) is 10.2 Å². The van der Waals surface area contributed by atoms with Crippen molar-refractivity contribution >= 4 is 16.5 Å². The van der Waals surface area contributed by atoms with Crippen molar-refractivity contribution in [1.82, 2.24) is 20.0 Å². The number of anilines is 1. The lowest BCUT2D eigenvalue weighted by Gasteiger charge is -2.26. The zero-order valence-electron chi connectivity index (χ0n) is 11.1. The number of likely N-dealkylation sites (N-methyl/N-ethyl adjacent to an activating group) is 1. The van der Waals surface area contributed by atoms with Crippen molar-refractivity contribution in [2.75, 3.05) is 31.6 Å². The number of nitrogens with zero attached hydrogens (tertiary/aromatic N) is 4. The minimum absolute atomic E-state index is 0.685. The van der Waals surface area contributed by atoms with Gasteiger partial charge in [-0.1, -0.05) is 25.2 Å². The first-order chi connectivity index (χ1) is 8.76. The van der Waals surface area contributed by atoms with Gasteiger partial charge in [0.2, 0.25) is 5.13 Å². The molecular formula is C11H22N6S. The highest BCUT2D eigenvalue weighted by Crippen LogP contribution is 2.20. The van der Waals surface area contributed by atoms with E-state index in [0.717, 1.165) is 37.7 Å². The van der Waals surface area contributed by atoms with Gasteiger partial charge in [0.1, 0.15) is 5.01 Å². The number of nitrogens with two attached hydrogens (primary N) is 1. The van der Waals surface area contributed by atoms with Gasteiger partial charge < -0.3 is 0 Å². The second kappa shape index (κ2) is 6.42. The van der Waals surface area contributed by atoms with Crippen LogP contribution in [-0.4, -0.2) is 52.2 Å². The Hall–Kier alpha value is -0.760. The lowest BCUT2D eigenvalue weighted by molar-refractivity contribution is 0.209. The molecule has 2 heterocycles. The second-order valence-electron chi connectivity index (χ2n) is 4.54. The minimum Gasteiger partial charge on any atom is -0.300 e. The molecule has 7 heteroatoms. The number of nitrogens with one attached hydrogen (secondary N) is 1. The maximum absolute atomic E-state index is 5.31. The molecule has 1 aliphatic heterocycles. The summed E-state index contributed by atoms with van der Waals surface area (Å²) < 4.78 is 0. The summed E-state index contributed by atoms with van der Waals surface area (Å²) in [4.78, 5) is 4.98. The number of nitrogen functional groups attached to an aromatic ring is 1. The van der Waals surface area contributed by atoms with E-state index in [-0.39, 0.29) is 0 Å². The predicted molar refractivity (Wildman–Crippen MR) is 74.3 cm³/mol. The largest absolute Gasteiger partial charge is 0.300 e. The van der Waals surface area contributed by atoms with Crippen molar-refractivity contribution in [3.05, 3.63) is 5.01 Å². The molecule has 0 bridgehead atoms. The lowest BCUT2D eigenvalue weighted by atomic mass is 10.2. The number of hydrogen-bond donors (Lipinski definition) is 2. The summed E-state index contributed by atoms with van der Waals surface area (Å²) in [6, 6.07) is 0.694. The maximum atomic E-state index is 5.31. The molecule has 1 aromatic rings. The summed E-state index contributed by atoms with van der Waals surface area (Å²) >= 11 is 1.53. The van der Waals surface area contributed by atoms with Gasteiger partial charge in [0.05, 0.1) is 6.54 Å². The van der Waals surface area contributed by atoms with Crippen LogP contribution in [0.4, 0.5) is 5.13 Å². The number of likely N-dealkylation sites (tertiary alicyclic amines) is 1. The zero-order valence-corrected chi connectivity index (χ0v) is 11.9. The first kappa shape index (κ1) is 13.7. The van der Waals surface area contributed by atoms with Crippen molar-refractivity contribution in [2.45, 2.75) is 32.9 Å². The van der Waals surface area contributed by atoms with E-state index in [0.29, 0.717) is 11.2 Å². The lowest BCUT2D eigenvalue weighted by Crippen LogP contribution is -2.37. The van der Waals surface area contributed by atoms with E-state index in [1.165, 1.54) is 17.8 Å². The van der Waals surface area contributed by atoms with Gasteiger partial charge in [0, 0.05) is 19.1 Å². The highest BCUT2D eigenvalue weighted by Gasteiger charge is 2.26. The fourth-order valence-corrected chi connectivity index (χ4v) is 3.25. The third-order valence-corrected chi connectivity index (χ3v) is 4.36. The molecule has 2 rings (SSSR count). The van der Waals surface area contributed by atoms with Crippen LogP contribution >= 0.6 is 11.3 Å². The highest BCUT2D eigenvalue weighted by molar-refractivity contribution is 7.15. The average Bonchev–Trinajstić information content (AvgIpc) is 3.01. The summed E-state index contributed by atoms with van der Waals surface area (Å²) in [5.74, 6) is 5.31. The van der Waals surface area contributed by atoms with Crippen LogP contribution in [0.25, 0.3) is 0 Å². The third kappa shape index (κ3) is 3.17. The topological polar surface area (TPSA) is 70.3 Å². The second-order valence-corrected chi connectivity index (χ2v) is 5.61. The molecule has 0 aliphatic carbocycles. The summed E-state index contributed by atoms with van der Waals surface area (Å²) in [5, 5.41) is 9.81. The quantitative estimate of drug-likeness (QED) is 0.587. The number of hydrazine groups is 1. The molecule has 102 valence electrons. The standard InChI is InChI=1S/C11H22N6S/c1-3-17(4-2)9-5-6-16(7-9)8-10-14-15-11(13-12)18-10/h9H,3-8,12H2,1-2H3,(H,13,15). The average molecular weight is 270 g/mol. The SMILES string of the molecule is CCN(CC)C1CCN(Cc2nnc(NN)s2)C1. The molecule has 0 amide bonds. The Morgan fingerprint density at radius 3 is 2.83 bits per heavy atom. The Morgan fingerprint density at radius 2 is 2.22 bits per heavy atom. The first-order valence-corrected chi connectivity index (χ1v) is 7.33. The summed E-state index contributed by atoms with van der Waals surface area (Å²) in [6.45, 7) is 9.90. The fraction of sp³-hybridized carbons (Fsp3) is 0.818. The predicted octanol–water partition coefficient (Wildman–Crippen LogP) is 0.740. The van der Waals surface area contributed by atoms with Crippen LogP contribution in [0.3, 0.4) is 0 Å². The minimum atomic E-state index is 0.685. The van der Waals surface area contributed by atoms with Crippen LogP contribution in [0.5, 0.6) is 0 Å². The normalized spacial score (nSPS) is 20.8. The van der Waals surface area contributed by atoms with Crippen molar-refractivity contribution < 1.29 is 0 Å². The molecule has 1 saturated heterocycles. The monoisotopic (exact) mass is 270 g/mol. The summed E-state index contributed by atoms with van der Waals surface area (Å²) in [7, 11) is 0. The van der Waals surface area contributed by atoms with Crippen LogP contribution < -0.4 is 11.3 Å². The van der Waals surface area contributed by atoms with E-state index in [4.69, 9.17) is 5.84 Å². The van der Waals surface area contributed by atoms with Gasteiger partial charge in [-0.05, 0) is 19.5 Å². The van der Waals surface area contributed by atoms with E-state index >= 15 is 0 Å². The van der Waals surface area contributed by atoms with Crippen molar-refractivity contribution in [1.29, 1.82) is 0 Å². The summed E-state index contributed by atoms with van der Waals surface area (Å²) in [6.07, 6.45) is 1.25. The van der Waals surface area contributed by atoms with Gasteiger partial charge in [0.25, 0.3) is 0 Å². The Kier molecular flexibility index (Phi) is 4.87. The third-order valence-electron chi connectivity index (χ3n) is 3.53. The van der Waals surface area contributed by atoms with Crippen molar-refractivity contribution in [2.24, 2.45) is 5.84 Å². The van der Waals surface area contributed by atoms with Gasteiger partial charge in [-0.25, -0.2) is 5.84 Å². The molecule has 1 aliphatic rings. The Morgan fingerprint density at radius 1 is 1.44 bits per heavy atom. The van der Waals surface area contributed by atoms with Crippen molar-refractivity contribution in [3.63, 3.8) is 0 Å². The van der Waals surface area contributed by atoms with Crippen molar-refractivity contribution in [3.8, 4) is 0 Å². The molecule has 1 atom stereocenters. The van der Waals surface area contributed by atoms with E-state index < -0.39 is 0 Å². The van der Waals surface area contributed by atoms with Gasteiger partial charge in [-0.2, -0.15) is 0 Å². The molecule has 1 aromatic heterocycles. The molecule has 6 nitrogen and oxygen atoms in total. The van der Waals surface area contributed by atoms with Crippen LogP contribution in [-0.2, 0) is 6.54 Å². The molecule has 1 unspecified atom stereocenters.